The minimum absolute atomic E-state index is 0.322. The molecule has 0 radical (unpaired) electrons. The highest BCUT2D eigenvalue weighted by molar-refractivity contribution is 5.87. The third-order valence-corrected chi connectivity index (χ3v) is 4.51. The number of carbonyl (C=O) groups excluding carboxylic acids is 1. The standard InChI is InChI=1S/C15H26O3/c1-17-15(10-3-2-4-11-15)14(16)9-5-7-13-8-6-12-18-13/h13H,2-12H2,1H3. The Kier molecular flexibility index (Phi) is 5.19. The predicted octanol–water partition coefficient (Wildman–Crippen LogP) is 3.25. The number of carbonyl (C=O) groups is 1. The second-order valence-electron chi connectivity index (χ2n) is 5.71. The van der Waals surface area contributed by atoms with Gasteiger partial charge in [0.1, 0.15) is 5.60 Å². The van der Waals surface area contributed by atoms with Crippen molar-refractivity contribution in [1.82, 2.24) is 0 Å². The van der Waals surface area contributed by atoms with E-state index in [0.717, 1.165) is 45.1 Å². The van der Waals surface area contributed by atoms with Crippen LogP contribution in [0.1, 0.15) is 64.2 Å². The third-order valence-electron chi connectivity index (χ3n) is 4.51. The van der Waals surface area contributed by atoms with Crippen molar-refractivity contribution in [2.75, 3.05) is 13.7 Å². The Hall–Kier alpha value is -0.410. The fourth-order valence-corrected chi connectivity index (χ4v) is 3.31. The summed E-state index contributed by atoms with van der Waals surface area (Å²) >= 11 is 0. The van der Waals surface area contributed by atoms with E-state index in [1.165, 1.54) is 19.3 Å². The van der Waals surface area contributed by atoms with Crippen LogP contribution in [0.5, 0.6) is 0 Å². The second kappa shape index (κ2) is 6.67. The molecule has 0 N–H and O–H groups in total. The lowest BCUT2D eigenvalue weighted by Gasteiger charge is -2.34. The number of rotatable bonds is 6. The summed E-state index contributed by atoms with van der Waals surface area (Å²) in [5.41, 5.74) is -0.450. The SMILES string of the molecule is COC1(C(=O)CCCC2CCCO2)CCCCC1. The first kappa shape index (κ1) is 14.0. The topological polar surface area (TPSA) is 35.5 Å². The van der Waals surface area contributed by atoms with Crippen LogP contribution in [0.15, 0.2) is 0 Å². The van der Waals surface area contributed by atoms with E-state index < -0.39 is 5.60 Å². The number of ether oxygens (including phenoxy) is 2. The molecule has 0 bridgehead atoms. The van der Waals surface area contributed by atoms with E-state index in [4.69, 9.17) is 9.47 Å². The van der Waals surface area contributed by atoms with Crippen molar-refractivity contribution < 1.29 is 14.3 Å². The Balaban J connectivity index is 1.74. The van der Waals surface area contributed by atoms with Crippen molar-refractivity contribution >= 4 is 5.78 Å². The lowest BCUT2D eigenvalue weighted by Crippen LogP contribution is -2.42. The quantitative estimate of drug-likeness (QED) is 0.730. The maximum absolute atomic E-state index is 12.4. The molecular weight excluding hydrogens is 228 g/mol. The Morgan fingerprint density at radius 1 is 1.28 bits per heavy atom. The van der Waals surface area contributed by atoms with Crippen LogP contribution in [-0.4, -0.2) is 31.2 Å². The molecule has 0 spiro atoms. The average Bonchev–Trinajstić information content (AvgIpc) is 2.92. The van der Waals surface area contributed by atoms with Crippen LogP contribution in [0, 0.1) is 0 Å². The highest BCUT2D eigenvalue weighted by Gasteiger charge is 2.38. The number of methoxy groups -OCH3 is 1. The van der Waals surface area contributed by atoms with Crippen molar-refractivity contribution in [2.45, 2.75) is 75.9 Å². The summed E-state index contributed by atoms with van der Waals surface area (Å²) in [6.45, 7) is 0.903. The van der Waals surface area contributed by atoms with Crippen LogP contribution in [0.3, 0.4) is 0 Å². The molecule has 2 fully saturated rings. The van der Waals surface area contributed by atoms with Crippen LogP contribution < -0.4 is 0 Å². The van der Waals surface area contributed by atoms with Gasteiger partial charge in [0, 0.05) is 20.1 Å². The molecule has 1 saturated heterocycles. The van der Waals surface area contributed by atoms with Gasteiger partial charge in [-0.2, -0.15) is 0 Å². The molecule has 3 nitrogen and oxygen atoms in total. The first-order valence-corrected chi connectivity index (χ1v) is 7.47. The van der Waals surface area contributed by atoms with Crippen LogP contribution in [0.4, 0.5) is 0 Å². The summed E-state index contributed by atoms with van der Waals surface area (Å²) in [4.78, 5) is 12.4. The Morgan fingerprint density at radius 3 is 2.67 bits per heavy atom. The smallest absolute Gasteiger partial charge is 0.164 e. The van der Waals surface area contributed by atoms with Crippen molar-refractivity contribution in [3.8, 4) is 0 Å². The van der Waals surface area contributed by atoms with E-state index in [9.17, 15) is 4.79 Å². The molecule has 0 aromatic carbocycles. The Labute approximate surface area is 110 Å². The zero-order chi connectivity index (χ0) is 12.8. The summed E-state index contributed by atoms with van der Waals surface area (Å²) in [6, 6.07) is 0. The first-order valence-electron chi connectivity index (χ1n) is 7.47. The molecule has 1 unspecified atom stereocenters. The normalized spacial score (nSPS) is 27.3. The van der Waals surface area contributed by atoms with Gasteiger partial charge in [-0.15, -0.1) is 0 Å². The monoisotopic (exact) mass is 254 g/mol. The maximum atomic E-state index is 12.4. The summed E-state index contributed by atoms with van der Waals surface area (Å²) in [7, 11) is 1.70. The average molecular weight is 254 g/mol. The van der Waals surface area contributed by atoms with Crippen molar-refractivity contribution in [3.63, 3.8) is 0 Å². The van der Waals surface area contributed by atoms with Gasteiger partial charge in [0.2, 0.25) is 0 Å². The lowest BCUT2D eigenvalue weighted by atomic mass is 9.80. The van der Waals surface area contributed by atoms with Gasteiger partial charge in [-0.25, -0.2) is 0 Å². The van der Waals surface area contributed by atoms with Gasteiger partial charge < -0.3 is 9.47 Å². The first-order chi connectivity index (χ1) is 8.77. The summed E-state index contributed by atoms with van der Waals surface area (Å²) in [6.07, 6.45) is 10.7. The summed E-state index contributed by atoms with van der Waals surface area (Å²) < 4.78 is 11.2. The van der Waals surface area contributed by atoms with Gasteiger partial charge >= 0.3 is 0 Å². The van der Waals surface area contributed by atoms with Gasteiger partial charge in [-0.3, -0.25) is 4.79 Å². The number of ketones is 1. The van der Waals surface area contributed by atoms with E-state index in [2.05, 4.69) is 0 Å². The lowest BCUT2D eigenvalue weighted by molar-refractivity contribution is -0.145. The van der Waals surface area contributed by atoms with E-state index in [1.807, 2.05) is 0 Å². The van der Waals surface area contributed by atoms with E-state index in [-0.39, 0.29) is 0 Å². The molecule has 0 aromatic rings. The highest BCUT2D eigenvalue weighted by Crippen LogP contribution is 2.33. The molecule has 18 heavy (non-hydrogen) atoms. The predicted molar refractivity (Wildman–Crippen MR) is 70.7 cm³/mol. The van der Waals surface area contributed by atoms with E-state index in [1.54, 1.807) is 7.11 Å². The zero-order valence-corrected chi connectivity index (χ0v) is 11.6. The molecule has 104 valence electrons. The van der Waals surface area contributed by atoms with Crippen LogP contribution in [0.2, 0.25) is 0 Å². The highest BCUT2D eigenvalue weighted by atomic mass is 16.5. The molecule has 1 atom stereocenters. The number of hydrogen-bond donors (Lipinski definition) is 0. The molecule has 2 aliphatic rings. The molecular formula is C15H26O3. The molecule has 2 rings (SSSR count). The van der Waals surface area contributed by atoms with Crippen molar-refractivity contribution in [1.29, 1.82) is 0 Å². The molecule has 3 heteroatoms. The second-order valence-corrected chi connectivity index (χ2v) is 5.71. The van der Waals surface area contributed by atoms with Crippen molar-refractivity contribution in [2.24, 2.45) is 0 Å². The van der Waals surface area contributed by atoms with Gasteiger partial charge in [-0.1, -0.05) is 19.3 Å². The van der Waals surface area contributed by atoms with Crippen LogP contribution in [-0.2, 0) is 14.3 Å². The zero-order valence-electron chi connectivity index (χ0n) is 11.6. The molecule has 1 heterocycles. The number of hydrogen-bond acceptors (Lipinski definition) is 3. The number of Topliss-reactive ketones (excluding diaryl/α,β-unsaturated/α-hetero) is 1. The molecule has 1 aliphatic carbocycles. The van der Waals surface area contributed by atoms with Crippen LogP contribution in [0.25, 0.3) is 0 Å². The van der Waals surface area contributed by atoms with E-state index >= 15 is 0 Å². The van der Waals surface area contributed by atoms with Crippen LogP contribution >= 0.6 is 0 Å². The molecule has 0 aromatic heterocycles. The fourth-order valence-electron chi connectivity index (χ4n) is 3.31. The maximum Gasteiger partial charge on any atom is 0.164 e. The minimum Gasteiger partial charge on any atom is -0.378 e. The fraction of sp³-hybridized carbons (Fsp3) is 0.933. The third kappa shape index (κ3) is 3.33. The van der Waals surface area contributed by atoms with Gasteiger partial charge in [0.15, 0.2) is 5.78 Å². The van der Waals surface area contributed by atoms with Gasteiger partial charge in [0.05, 0.1) is 6.10 Å². The van der Waals surface area contributed by atoms with Gasteiger partial charge in [-0.05, 0) is 38.5 Å². The molecule has 0 amide bonds. The molecule has 1 saturated carbocycles. The Bertz CT molecular complexity index is 263. The van der Waals surface area contributed by atoms with Gasteiger partial charge in [0.25, 0.3) is 0 Å². The molecule has 1 aliphatic heterocycles. The van der Waals surface area contributed by atoms with E-state index in [0.29, 0.717) is 18.3 Å². The van der Waals surface area contributed by atoms with Crippen molar-refractivity contribution in [3.05, 3.63) is 0 Å². The largest absolute Gasteiger partial charge is 0.378 e. The Morgan fingerprint density at radius 2 is 2.06 bits per heavy atom. The summed E-state index contributed by atoms with van der Waals surface area (Å²) in [5.74, 6) is 0.322. The minimum atomic E-state index is -0.450. The summed E-state index contributed by atoms with van der Waals surface area (Å²) in [5, 5.41) is 0.